The van der Waals surface area contributed by atoms with Gasteiger partial charge in [0, 0.05) is 18.2 Å². The van der Waals surface area contributed by atoms with Crippen LogP contribution in [-0.4, -0.2) is 27.6 Å². The molecule has 1 fully saturated rings. The van der Waals surface area contributed by atoms with Crippen LogP contribution in [-0.2, 0) is 10.0 Å². The zero-order chi connectivity index (χ0) is 14.1. The molecule has 6 heteroatoms. The van der Waals surface area contributed by atoms with Crippen LogP contribution in [0.4, 0.5) is 0 Å². The first-order valence-corrected chi connectivity index (χ1v) is 7.78. The van der Waals surface area contributed by atoms with Crippen molar-refractivity contribution in [2.45, 2.75) is 30.2 Å². The van der Waals surface area contributed by atoms with Crippen LogP contribution >= 0.6 is 0 Å². The molecule has 19 heavy (non-hydrogen) atoms. The average molecular weight is 284 g/mol. The molecule has 1 saturated carbocycles. The molecule has 0 amide bonds. The number of nitrogens with one attached hydrogen (secondary N) is 1. The van der Waals surface area contributed by atoms with E-state index in [4.69, 9.17) is 10.5 Å². The first kappa shape index (κ1) is 14.3. The van der Waals surface area contributed by atoms with Crippen LogP contribution in [0.25, 0.3) is 0 Å². The van der Waals surface area contributed by atoms with Gasteiger partial charge in [-0.15, -0.1) is 0 Å². The highest BCUT2D eigenvalue weighted by molar-refractivity contribution is 7.89. The Morgan fingerprint density at radius 1 is 1.47 bits per heavy atom. The zero-order valence-electron chi connectivity index (χ0n) is 11.2. The van der Waals surface area contributed by atoms with Gasteiger partial charge in [-0.1, -0.05) is 6.07 Å². The summed E-state index contributed by atoms with van der Waals surface area (Å²) in [6.45, 7) is 2.16. The maximum absolute atomic E-state index is 12.4. The largest absolute Gasteiger partial charge is 0.497 e. The van der Waals surface area contributed by atoms with Crippen LogP contribution in [0.15, 0.2) is 29.2 Å². The van der Waals surface area contributed by atoms with E-state index in [1.54, 1.807) is 18.2 Å². The minimum atomic E-state index is -3.58. The van der Waals surface area contributed by atoms with E-state index in [-0.39, 0.29) is 4.90 Å². The molecule has 1 unspecified atom stereocenters. The van der Waals surface area contributed by atoms with E-state index in [2.05, 4.69) is 4.72 Å². The third kappa shape index (κ3) is 3.08. The summed E-state index contributed by atoms with van der Waals surface area (Å²) in [5.74, 6) is 0.849. The van der Waals surface area contributed by atoms with Gasteiger partial charge < -0.3 is 10.5 Å². The number of hydrogen-bond acceptors (Lipinski definition) is 4. The smallest absolute Gasteiger partial charge is 0.241 e. The summed E-state index contributed by atoms with van der Waals surface area (Å²) in [6, 6.07) is 6.42. The molecule has 1 aromatic rings. The standard InChI is InChI=1S/C13H20N2O3S/c1-13(9-14,10-6-7-10)15-19(16,17)12-5-3-4-11(8-12)18-2/h3-5,8,10,15H,6-7,9,14H2,1-2H3. The van der Waals surface area contributed by atoms with Crippen LogP contribution in [0.3, 0.4) is 0 Å². The fraction of sp³-hybridized carbons (Fsp3) is 0.538. The number of rotatable bonds is 6. The highest BCUT2D eigenvalue weighted by atomic mass is 32.2. The summed E-state index contributed by atoms with van der Waals surface area (Å²) in [7, 11) is -2.07. The van der Waals surface area contributed by atoms with Gasteiger partial charge >= 0.3 is 0 Å². The molecule has 0 spiro atoms. The highest BCUT2D eigenvalue weighted by Crippen LogP contribution is 2.39. The SMILES string of the molecule is COc1cccc(S(=O)(=O)NC(C)(CN)C2CC2)c1. The average Bonchev–Trinajstić information content (AvgIpc) is 3.23. The van der Waals surface area contributed by atoms with E-state index in [1.807, 2.05) is 6.92 Å². The van der Waals surface area contributed by atoms with Crippen LogP contribution < -0.4 is 15.2 Å². The summed E-state index contributed by atoms with van der Waals surface area (Å²) < 4.78 is 32.6. The second-order valence-corrected chi connectivity index (χ2v) is 6.86. The predicted molar refractivity (Wildman–Crippen MR) is 73.5 cm³/mol. The molecule has 0 bridgehead atoms. The van der Waals surface area contributed by atoms with Crippen molar-refractivity contribution >= 4 is 10.0 Å². The van der Waals surface area contributed by atoms with E-state index < -0.39 is 15.6 Å². The Morgan fingerprint density at radius 2 is 2.16 bits per heavy atom. The summed E-state index contributed by atoms with van der Waals surface area (Å²) in [5, 5.41) is 0. The zero-order valence-corrected chi connectivity index (χ0v) is 12.0. The van der Waals surface area contributed by atoms with Gasteiger partial charge in [0.15, 0.2) is 0 Å². The van der Waals surface area contributed by atoms with Gasteiger partial charge in [-0.05, 0) is 37.8 Å². The van der Waals surface area contributed by atoms with Crippen molar-refractivity contribution in [1.82, 2.24) is 4.72 Å². The topological polar surface area (TPSA) is 81.4 Å². The van der Waals surface area contributed by atoms with Crippen molar-refractivity contribution in [3.63, 3.8) is 0 Å². The van der Waals surface area contributed by atoms with E-state index in [0.717, 1.165) is 12.8 Å². The van der Waals surface area contributed by atoms with Gasteiger partial charge in [0.2, 0.25) is 10.0 Å². The molecular weight excluding hydrogens is 264 g/mol. The molecule has 106 valence electrons. The maximum Gasteiger partial charge on any atom is 0.241 e. The fourth-order valence-corrected chi connectivity index (χ4v) is 3.66. The number of ether oxygens (including phenoxy) is 1. The molecule has 1 aliphatic rings. The van der Waals surface area contributed by atoms with Gasteiger partial charge in [0.1, 0.15) is 5.75 Å². The lowest BCUT2D eigenvalue weighted by Gasteiger charge is -2.29. The molecular formula is C13H20N2O3S. The Hall–Kier alpha value is -1.11. The third-order valence-corrected chi connectivity index (χ3v) is 5.23. The van der Waals surface area contributed by atoms with E-state index >= 15 is 0 Å². The second kappa shape index (κ2) is 5.11. The molecule has 1 aliphatic carbocycles. The molecule has 1 atom stereocenters. The lowest BCUT2D eigenvalue weighted by Crippen LogP contribution is -2.52. The normalized spacial score (nSPS) is 18.9. The molecule has 3 N–H and O–H groups in total. The monoisotopic (exact) mass is 284 g/mol. The second-order valence-electron chi connectivity index (χ2n) is 5.18. The number of benzene rings is 1. The molecule has 0 radical (unpaired) electrons. The van der Waals surface area contributed by atoms with Crippen molar-refractivity contribution in [2.75, 3.05) is 13.7 Å². The number of methoxy groups -OCH3 is 1. The van der Waals surface area contributed by atoms with Gasteiger partial charge in [-0.2, -0.15) is 0 Å². The number of sulfonamides is 1. The minimum Gasteiger partial charge on any atom is -0.497 e. The number of nitrogens with two attached hydrogens (primary N) is 1. The quantitative estimate of drug-likeness (QED) is 0.819. The molecule has 0 heterocycles. The Labute approximate surface area is 114 Å². The number of hydrogen-bond donors (Lipinski definition) is 2. The van der Waals surface area contributed by atoms with Gasteiger partial charge in [-0.25, -0.2) is 13.1 Å². The van der Waals surface area contributed by atoms with Crippen LogP contribution in [0.2, 0.25) is 0 Å². The highest BCUT2D eigenvalue weighted by Gasteiger charge is 2.43. The molecule has 0 aliphatic heterocycles. The lowest BCUT2D eigenvalue weighted by molar-refractivity contribution is 0.374. The summed E-state index contributed by atoms with van der Waals surface area (Å²) in [4.78, 5) is 0.201. The van der Waals surface area contributed by atoms with Crippen molar-refractivity contribution < 1.29 is 13.2 Å². The first-order valence-electron chi connectivity index (χ1n) is 6.29. The van der Waals surface area contributed by atoms with Crippen molar-refractivity contribution in [3.8, 4) is 5.75 Å². The lowest BCUT2D eigenvalue weighted by atomic mass is 9.98. The van der Waals surface area contributed by atoms with E-state index in [1.165, 1.54) is 13.2 Å². The van der Waals surface area contributed by atoms with Gasteiger partial charge in [-0.3, -0.25) is 0 Å². The molecule has 0 saturated heterocycles. The fourth-order valence-electron chi connectivity index (χ4n) is 2.15. The molecule has 5 nitrogen and oxygen atoms in total. The molecule has 0 aromatic heterocycles. The van der Waals surface area contributed by atoms with E-state index in [0.29, 0.717) is 18.2 Å². The van der Waals surface area contributed by atoms with Crippen molar-refractivity contribution in [3.05, 3.63) is 24.3 Å². The Balaban J connectivity index is 2.26. The van der Waals surface area contributed by atoms with Crippen LogP contribution in [0, 0.1) is 5.92 Å². The Morgan fingerprint density at radius 3 is 2.68 bits per heavy atom. The minimum absolute atomic E-state index is 0.201. The Bertz CT molecular complexity index is 555. The summed E-state index contributed by atoms with van der Waals surface area (Å²) in [6.07, 6.45) is 2.04. The van der Waals surface area contributed by atoms with Crippen molar-refractivity contribution in [2.24, 2.45) is 11.7 Å². The predicted octanol–water partition coefficient (Wildman–Crippen LogP) is 1.10. The summed E-state index contributed by atoms with van der Waals surface area (Å²) in [5.41, 5.74) is 5.17. The third-order valence-electron chi connectivity index (χ3n) is 3.62. The first-order chi connectivity index (χ1) is 8.91. The van der Waals surface area contributed by atoms with E-state index in [9.17, 15) is 8.42 Å². The molecule has 2 rings (SSSR count). The summed E-state index contributed by atoms with van der Waals surface area (Å²) >= 11 is 0. The van der Waals surface area contributed by atoms with Gasteiger partial charge in [0.05, 0.1) is 12.0 Å². The van der Waals surface area contributed by atoms with Gasteiger partial charge in [0.25, 0.3) is 0 Å². The van der Waals surface area contributed by atoms with Crippen LogP contribution in [0.5, 0.6) is 5.75 Å². The molecule has 1 aromatic carbocycles. The van der Waals surface area contributed by atoms with Crippen molar-refractivity contribution in [1.29, 1.82) is 0 Å². The maximum atomic E-state index is 12.4. The van der Waals surface area contributed by atoms with Crippen LogP contribution in [0.1, 0.15) is 19.8 Å². The Kier molecular flexibility index (Phi) is 3.85.